The lowest BCUT2D eigenvalue weighted by molar-refractivity contribution is 0.780. The summed E-state index contributed by atoms with van der Waals surface area (Å²) in [7, 11) is 1.86. The Balaban J connectivity index is 2.75. The SMILES string of the molecule is Cn1cc2cc(N=C=S)c(Cl)cc2n1. The number of fused-ring (bicyclic) bond motifs is 1. The highest BCUT2D eigenvalue weighted by atomic mass is 35.5. The third kappa shape index (κ3) is 1.55. The number of aliphatic imine (C=N–C) groups is 1. The van der Waals surface area contributed by atoms with Crippen molar-refractivity contribution in [1.82, 2.24) is 9.78 Å². The van der Waals surface area contributed by atoms with E-state index >= 15 is 0 Å². The maximum absolute atomic E-state index is 5.96. The molecule has 0 N–H and O–H groups in total. The topological polar surface area (TPSA) is 30.2 Å². The fourth-order valence-electron chi connectivity index (χ4n) is 1.29. The predicted octanol–water partition coefficient (Wildman–Crippen LogP) is 2.96. The largest absolute Gasteiger partial charge is 0.275 e. The summed E-state index contributed by atoms with van der Waals surface area (Å²) in [6.45, 7) is 0. The minimum Gasteiger partial charge on any atom is -0.275 e. The summed E-state index contributed by atoms with van der Waals surface area (Å²) in [6.07, 6.45) is 1.90. The number of hydrogen-bond acceptors (Lipinski definition) is 3. The van der Waals surface area contributed by atoms with Gasteiger partial charge in [-0.15, -0.1) is 0 Å². The lowest BCUT2D eigenvalue weighted by Gasteiger charge is -1.94. The van der Waals surface area contributed by atoms with Gasteiger partial charge in [0.25, 0.3) is 0 Å². The summed E-state index contributed by atoms with van der Waals surface area (Å²) in [5.74, 6) is 0. The third-order valence-electron chi connectivity index (χ3n) is 1.85. The zero-order valence-corrected chi connectivity index (χ0v) is 8.93. The van der Waals surface area contributed by atoms with Crippen LogP contribution in [0.15, 0.2) is 23.3 Å². The number of hydrogen-bond donors (Lipinski definition) is 0. The monoisotopic (exact) mass is 223 g/mol. The smallest absolute Gasteiger partial charge is 0.0939 e. The normalized spacial score (nSPS) is 10.1. The van der Waals surface area contributed by atoms with Crippen molar-refractivity contribution in [2.75, 3.05) is 0 Å². The number of thiocarbonyl (C=S) groups is 1. The summed E-state index contributed by atoms with van der Waals surface area (Å²) in [4.78, 5) is 3.86. The molecule has 0 bridgehead atoms. The quantitative estimate of drug-likeness (QED) is 0.550. The van der Waals surface area contributed by atoms with Gasteiger partial charge in [0, 0.05) is 18.6 Å². The number of rotatable bonds is 1. The number of nitrogens with zero attached hydrogens (tertiary/aromatic N) is 3. The molecule has 70 valence electrons. The van der Waals surface area contributed by atoms with Gasteiger partial charge in [0.2, 0.25) is 0 Å². The van der Waals surface area contributed by atoms with Crippen molar-refractivity contribution in [2.45, 2.75) is 0 Å². The third-order valence-corrected chi connectivity index (χ3v) is 2.25. The van der Waals surface area contributed by atoms with E-state index in [1.807, 2.05) is 19.3 Å². The molecule has 0 aliphatic rings. The van der Waals surface area contributed by atoms with E-state index in [-0.39, 0.29) is 0 Å². The van der Waals surface area contributed by atoms with E-state index < -0.39 is 0 Å². The van der Waals surface area contributed by atoms with Crippen molar-refractivity contribution in [3.05, 3.63) is 23.4 Å². The predicted molar refractivity (Wildman–Crippen MR) is 60.4 cm³/mol. The fraction of sp³-hybridized carbons (Fsp3) is 0.111. The molecule has 0 aliphatic carbocycles. The van der Waals surface area contributed by atoms with Crippen LogP contribution in [0.2, 0.25) is 5.02 Å². The van der Waals surface area contributed by atoms with Crippen molar-refractivity contribution in [3.8, 4) is 0 Å². The molecular formula is C9H6ClN3S. The van der Waals surface area contributed by atoms with Crippen LogP contribution in [0, 0.1) is 0 Å². The molecule has 5 heteroatoms. The first-order valence-corrected chi connectivity index (χ1v) is 4.70. The molecule has 2 aromatic rings. The molecule has 1 aromatic heterocycles. The number of aromatic nitrogens is 2. The van der Waals surface area contributed by atoms with Gasteiger partial charge in [0.15, 0.2) is 0 Å². The maximum Gasteiger partial charge on any atom is 0.0939 e. The zero-order valence-electron chi connectivity index (χ0n) is 7.36. The van der Waals surface area contributed by atoms with Crippen LogP contribution < -0.4 is 0 Å². The van der Waals surface area contributed by atoms with Gasteiger partial charge in [-0.3, -0.25) is 4.68 Å². The van der Waals surface area contributed by atoms with Crippen LogP contribution in [0.4, 0.5) is 5.69 Å². The average Bonchev–Trinajstić information content (AvgIpc) is 2.45. The van der Waals surface area contributed by atoms with Crippen molar-refractivity contribution in [2.24, 2.45) is 12.0 Å². The summed E-state index contributed by atoms with van der Waals surface area (Å²) in [5.41, 5.74) is 1.47. The molecule has 0 fully saturated rings. The van der Waals surface area contributed by atoms with Gasteiger partial charge in [-0.05, 0) is 24.4 Å². The minimum atomic E-state index is 0.536. The van der Waals surface area contributed by atoms with E-state index in [4.69, 9.17) is 11.6 Å². The van der Waals surface area contributed by atoms with Crippen LogP contribution in [0.5, 0.6) is 0 Å². The Kier molecular flexibility index (Phi) is 2.33. The highest BCUT2D eigenvalue weighted by molar-refractivity contribution is 7.78. The molecule has 2 rings (SSSR count). The van der Waals surface area contributed by atoms with E-state index in [1.54, 1.807) is 10.7 Å². The van der Waals surface area contributed by atoms with Crippen LogP contribution in [0.3, 0.4) is 0 Å². The van der Waals surface area contributed by atoms with Gasteiger partial charge in [-0.25, -0.2) is 0 Å². The van der Waals surface area contributed by atoms with Gasteiger partial charge < -0.3 is 0 Å². The summed E-state index contributed by atoms with van der Waals surface area (Å²) >= 11 is 10.5. The van der Waals surface area contributed by atoms with Crippen LogP contribution in [0.25, 0.3) is 10.9 Å². The van der Waals surface area contributed by atoms with Gasteiger partial charge in [-0.1, -0.05) is 11.6 Å². The fourth-order valence-corrected chi connectivity index (χ4v) is 1.59. The Morgan fingerprint density at radius 2 is 2.36 bits per heavy atom. The van der Waals surface area contributed by atoms with Crippen molar-refractivity contribution < 1.29 is 0 Å². The molecular weight excluding hydrogens is 218 g/mol. The molecule has 0 radical (unpaired) electrons. The molecule has 0 atom stereocenters. The summed E-state index contributed by atoms with van der Waals surface area (Å²) < 4.78 is 1.73. The second-order valence-electron chi connectivity index (χ2n) is 2.87. The summed E-state index contributed by atoms with van der Waals surface area (Å²) in [5, 5.41) is 8.03. The second kappa shape index (κ2) is 3.50. The van der Waals surface area contributed by atoms with Crippen LogP contribution in [-0.2, 0) is 7.05 Å². The van der Waals surface area contributed by atoms with Crippen LogP contribution in [-0.4, -0.2) is 14.9 Å². The molecule has 0 spiro atoms. The van der Waals surface area contributed by atoms with Crippen molar-refractivity contribution in [1.29, 1.82) is 0 Å². The molecule has 0 amide bonds. The number of halogens is 1. The van der Waals surface area contributed by atoms with Gasteiger partial charge >= 0.3 is 0 Å². The number of isothiocyanates is 1. The molecule has 3 nitrogen and oxygen atoms in total. The average molecular weight is 224 g/mol. The molecule has 1 aromatic carbocycles. The lowest BCUT2D eigenvalue weighted by Crippen LogP contribution is -1.84. The van der Waals surface area contributed by atoms with Gasteiger partial charge in [0.05, 0.1) is 21.4 Å². The molecule has 0 unspecified atom stereocenters. The zero-order chi connectivity index (χ0) is 10.1. The van der Waals surface area contributed by atoms with Crippen LogP contribution in [0.1, 0.15) is 0 Å². The molecule has 0 aliphatic heterocycles. The highest BCUT2D eigenvalue weighted by Gasteiger charge is 2.04. The van der Waals surface area contributed by atoms with Crippen molar-refractivity contribution in [3.63, 3.8) is 0 Å². The Hall–Kier alpha value is -1.22. The molecule has 14 heavy (non-hydrogen) atoms. The Morgan fingerprint density at radius 3 is 3.07 bits per heavy atom. The Morgan fingerprint density at radius 1 is 1.57 bits per heavy atom. The van der Waals surface area contributed by atoms with Gasteiger partial charge in [0.1, 0.15) is 0 Å². The lowest BCUT2D eigenvalue weighted by atomic mass is 10.2. The van der Waals surface area contributed by atoms with E-state index in [9.17, 15) is 0 Å². The number of aryl methyl sites for hydroxylation is 1. The highest BCUT2D eigenvalue weighted by Crippen LogP contribution is 2.29. The second-order valence-corrected chi connectivity index (χ2v) is 3.46. The van der Waals surface area contributed by atoms with E-state index in [2.05, 4.69) is 27.5 Å². The summed E-state index contributed by atoms with van der Waals surface area (Å²) in [6, 6.07) is 3.60. The van der Waals surface area contributed by atoms with Crippen LogP contribution >= 0.6 is 23.8 Å². The van der Waals surface area contributed by atoms with E-state index in [1.165, 1.54) is 0 Å². The molecule has 0 saturated heterocycles. The number of benzene rings is 1. The van der Waals surface area contributed by atoms with E-state index in [0.717, 1.165) is 10.9 Å². The van der Waals surface area contributed by atoms with Gasteiger partial charge in [-0.2, -0.15) is 10.1 Å². The Bertz CT molecular complexity index is 540. The van der Waals surface area contributed by atoms with E-state index in [0.29, 0.717) is 10.7 Å². The van der Waals surface area contributed by atoms with Crippen molar-refractivity contribution >= 4 is 45.6 Å². The minimum absolute atomic E-state index is 0.536. The first-order chi connectivity index (χ1) is 6.70. The first-order valence-electron chi connectivity index (χ1n) is 3.91. The standard InChI is InChI=1S/C9H6ClN3S/c1-13-4-6-2-9(11-5-14)7(10)3-8(6)12-13/h2-4H,1H3. The maximum atomic E-state index is 5.96. The molecule has 1 heterocycles. The molecule has 0 saturated carbocycles. The Labute approximate surface area is 91.0 Å². The first kappa shape index (κ1) is 9.34.